The van der Waals surface area contributed by atoms with E-state index in [0.717, 1.165) is 0 Å². The first-order chi connectivity index (χ1) is 12.0. The molecule has 2 aromatic rings. The lowest BCUT2D eigenvalue weighted by Gasteiger charge is -2.32. The number of hydrogen-bond donors (Lipinski definition) is 1. The van der Waals surface area contributed by atoms with Crippen molar-refractivity contribution in [2.75, 3.05) is 19.6 Å². The van der Waals surface area contributed by atoms with Crippen LogP contribution in [-0.2, 0) is 13.0 Å². The highest BCUT2D eigenvalue weighted by atomic mass is 19.1. The zero-order valence-corrected chi connectivity index (χ0v) is 14.4. The van der Waals surface area contributed by atoms with Gasteiger partial charge in [-0.25, -0.2) is 14.2 Å². The highest BCUT2D eigenvalue weighted by Crippen LogP contribution is 2.20. The molecule has 25 heavy (non-hydrogen) atoms. The van der Waals surface area contributed by atoms with Crippen molar-refractivity contribution >= 4 is 6.03 Å². The number of fused-ring (bicyclic) bond motifs is 1. The Morgan fingerprint density at radius 2 is 1.96 bits per heavy atom. The summed E-state index contributed by atoms with van der Waals surface area (Å²) in [4.78, 5) is 35.7. The number of benzene rings is 1. The molecule has 0 unspecified atom stereocenters. The Morgan fingerprint density at radius 1 is 1.28 bits per heavy atom. The number of aromatic nitrogens is 2. The predicted octanol–water partition coefficient (Wildman–Crippen LogP) is 2.40. The van der Waals surface area contributed by atoms with Gasteiger partial charge in [0.05, 0.1) is 12.2 Å². The maximum atomic E-state index is 13.1. The highest BCUT2D eigenvalue weighted by Gasteiger charge is 2.26. The number of carbonyl (C=O) groups is 1. The number of rotatable bonds is 3. The van der Waals surface area contributed by atoms with E-state index in [1.54, 1.807) is 21.9 Å². The van der Waals surface area contributed by atoms with Gasteiger partial charge in [-0.15, -0.1) is 0 Å². The summed E-state index contributed by atoms with van der Waals surface area (Å²) in [5.41, 5.74) is 1.66. The molecule has 1 aliphatic rings. The molecular weight excluding hydrogens is 323 g/mol. The molecule has 6 nitrogen and oxygen atoms in total. The van der Waals surface area contributed by atoms with Gasteiger partial charge in [-0.2, -0.15) is 0 Å². The van der Waals surface area contributed by atoms with E-state index in [2.05, 4.69) is 9.97 Å². The van der Waals surface area contributed by atoms with Crippen LogP contribution in [0.3, 0.4) is 0 Å². The van der Waals surface area contributed by atoms with Crippen molar-refractivity contribution in [3.63, 3.8) is 0 Å². The minimum absolute atomic E-state index is 0.0407. The van der Waals surface area contributed by atoms with Crippen LogP contribution in [0.25, 0.3) is 11.4 Å². The van der Waals surface area contributed by atoms with E-state index in [-0.39, 0.29) is 17.4 Å². The molecule has 0 spiro atoms. The molecule has 0 atom stereocenters. The summed E-state index contributed by atoms with van der Waals surface area (Å²) in [6.45, 7) is 5.97. The standard InChI is InChI=1S/C18H21FN4O2/c1-3-22(4-2)18(25)23-10-9-14-15(11-23)20-16(21-17(14)24)12-5-7-13(19)8-6-12/h5-8H,3-4,9-11H2,1-2H3,(H,20,21,24). The monoisotopic (exact) mass is 344 g/mol. The van der Waals surface area contributed by atoms with E-state index in [0.29, 0.717) is 55.2 Å². The molecule has 0 aliphatic carbocycles. The number of aromatic amines is 1. The number of urea groups is 1. The third-order valence-electron chi connectivity index (χ3n) is 4.50. The number of carbonyl (C=O) groups excluding carboxylic acids is 1. The van der Waals surface area contributed by atoms with E-state index in [1.807, 2.05) is 13.8 Å². The lowest BCUT2D eigenvalue weighted by Crippen LogP contribution is -2.46. The molecule has 1 aliphatic heterocycles. The molecule has 1 N–H and O–H groups in total. The quantitative estimate of drug-likeness (QED) is 0.929. The second-order valence-corrected chi connectivity index (χ2v) is 5.97. The molecule has 7 heteroatoms. The van der Waals surface area contributed by atoms with E-state index in [9.17, 15) is 14.0 Å². The summed E-state index contributed by atoms with van der Waals surface area (Å²) in [6.07, 6.45) is 0.481. The van der Waals surface area contributed by atoms with Crippen molar-refractivity contribution in [3.05, 3.63) is 51.7 Å². The number of nitrogens with one attached hydrogen (secondary N) is 1. The van der Waals surface area contributed by atoms with Crippen molar-refractivity contribution in [3.8, 4) is 11.4 Å². The number of halogens is 1. The van der Waals surface area contributed by atoms with Gasteiger partial charge in [-0.05, 0) is 44.5 Å². The smallest absolute Gasteiger partial charge is 0.320 e. The molecule has 0 fully saturated rings. The molecule has 132 valence electrons. The normalized spacial score (nSPS) is 13.5. The topological polar surface area (TPSA) is 69.3 Å². The lowest BCUT2D eigenvalue weighted by atomic mass is 10.1. The second kappa shape index (κ2) is 7.04. The van der Waals surface area contributed by atoms with E-state index in [4.69, 9.17) is 0 Å². The largest absolute Gasteiger partial charge is 0.325 e. The van der Waals surface area contributed by atoms with Gasteiger partial charge in [0.25, 0.3) is 5.56 Å². The van der Waals surface area contributed by atoms with Crippen LogP contribution < -0.4 is 5.56 Å². The Labute approximate surface area is 145 Å². The van der Waals surface area contributed by atoms with Crippen LogP contribution in [-0.4, -0.2) is 45.4 Å². The number of hydrogen-bond acceptors (Lipinski definition) is 3. The SMILES string of the molecule is CCN(CC)C(=O)N1CCc2c(nc(-c3ccc(F)cc3)[nH]c2=O)C1. The minimum atomic E-state index is -0.347. The predicted molar refractivity (Wildman–Crippen MR) is 92.7 cm³/mol. The Hall–Kier alpha value is -2.70. The summed E-state index contributed by atoms with van der Waals surface area (Å²) >= 11 is 0. The molecule has 0 saturated carbocycles. The highest BCUT2D eigenvalue weighted by molar-refractivity contribution is 5.74. The summed E-state index contributed by atoms with van der Waals surface area (Å²) in [6, 6.07) is 5.75. The van der Waals surface area contributed by atoms with E-state index >= 15 is 0 Å². The van der Waals surface area contributed by atoms with Crippen LogP contribution in [0, 0.1) is 5.82 Å². The minimum Gasteiger partial charge on any atom is -0.325 e. The Bertz CT molecular complexity index is 828. The Morgan fingerprint density at radius 3 is 2.60 bits per heavy atom. The first-order valence-corrected chi connectivity index (χ1v) is 8.45. The first-order valence-electron chi connectivity index (χ1n) is 8.45. The summed E-state index contributed by atoms with van der Waals surface area (Å²) < 4.78 is 13.1. The number of nitrogens with zero attached hydrogens (tertiary/aromatic N) is 3. The molecule has 0 radical (unpaired) electrons. The van der Waals surface area contributed by atoms with Crippen molar-refractivity contribution in [1.29, 1.82) is 0 Å². The second-order valence-electron chi connectivity index (χ2n) is 5.97. The van der Waals surface area contributed by atoms with Gasteiger partial charge in [0.2, 0.25) is 0 Å². The fourth-order valence-corrected chi connectivity index (χ4v) is 3.04. The van der Waals surface area contributed by atoms with Crippen LogP contribution in [0.5, 0.6) is 0 Å². The average Bonchev–Trinajstić information content (AvgIpc) is 2.62. The number of H-pyrrole nitrogens is 1. The van der Waals surface area contributed by atoms with E-state index < -0.39 is 0 Å². The Balaban J connectivity index is 1.92. The fraction of sp³-hybridized carbons (Fsp3) is 0.389. The van der Waals surface area contributed by atoms with Crippen molar-refractivity contribution in [2.24, 2.45) is 0 Å². The van der Waals surface area contributed by atoms with Crippen LogP contribution in [0.4, 0.5) is 9.18 Å². The zero-order chi connectivity index (χ0) is 18.0. The Kier molecular flexibility index (Phi) is 4.83. The van der Waals surface area contributed by atoms with Crippen molar-refractivity contribution in [1.82, 2.24) is 19.8 Å². The fourth-order valence-electron chi connectivity index (χ4n) is 3.04. The molecular formula is C18H21FN4O2. The lowest BCUT2D eigenvalue weighted by molar-refractivity contribution is 0.151. The molecule has 2 heterocycles. The molecule has 1 aromatic heterocycles. The first kappa shape index (κ1) is 17.1. The maximum absolute atomic E-state index is 13.1. The summed E-state index contributed by atoms with van der Waals surface area (Å²) in [5, 5.41) is 0. The third kappa shape index (κ3) is 3.40. The molecule has 2 amide bonds. The van der Waals surface area contributed by atoms with Gasteiger partial charge < -0.3 is 14.8 Å². The van der Waals surface area contributed by atoms with Crippen molar-refractivity contribution < 1.29 is 9.18 Å². The van der Waals surface area contributed by atoms with Gasteiger partial charge in [-0.1, -0.05) is 0 Å². The van der Waals surface area contributed by atoms with Crippen LogP contribution >= 0.6 is 0 Å². The molecule has 0 saturated heterocycles. The van der Waals surface area contributed by atoms with Crippen molar-refractivity contribution in [2.45, 2.75) is 26.8 Å². The average molecular weight is 344 g/mol. The molecule has 0 bridgehead atoms. The molecule has 1 aromatic carbocycles. The van der Waals surface area contributed by atoms with Gasteiger partial charge in [0.15, 0.2) is 0 Å². The third-order valence-corrected chi connectivity index (χ3v) is 4.50. The van der Waals surface area contributed by atoms with Crippen LogP contribution in [0.1, 0.15) is 25.1 Å². The van der Waals surface area contributed by atoms with Gasteiger partial charge in [-0.3, -0.25) is 4.79 Å². The summed E-state index contributed by atoms with van der Waals surface area (Å²) in [5.74, 6) is 0.0425. The van der Waals surface area contributed by atoms with Gasteiger partial charge >= 0.3 is 6.03 Å². The zero-order valence-electron chi connectivity index (χ0n) is 14.4. The molecule has 3 rings (SSSR count). The van der Waals surface area contributed by atoms with Gasteiger partial charge in [0.1, 0.15) is 11.6 Å². The number of amides is 2. The van der Waals surface area contributed by atoms with E-state index in [1.165, 1.54) is 12.1 Å². The maximum Gasteiger partial charge on any atom is 0.320 e. The van der Waals surface area contributed by atoms with Crippen LogP contribution in [0.15, 0.2) is 29.1 Å². The van der Waals surface area contributed by atoms with Crippen LogP contribution in [0.2, 0.25) is 0 Å². The van der Waals surface area contributed by atoms with Gasteiger partial charge in [0, 0.05) is 30.8 Å². The summed E-state index contributed by atoms with van der Waals surface area (Å²) in [7, 11) is 0.